The summed E-state index contributed by atoms with van der Waals surface area (Å²) < 4.78 is 25.0. The van der Waals surface area contributed by atoms with Gasteiger partial charge < -0.3 is 19.7 Å². The van der Waals surface area contributed by atoms with E-state index in [2.05, 4.69) is 0 Å². The normalized spacial score (nSPS) is 11.2. The minimum Gasteiger partial charge on any atom is -0.475 e. The Hall–Kier alpha value is -3.61. The zero-order valence-electron chi connectivity index (χ0n) is 12.6. The van der Waals surface area contributed by atoms with Gasteiger partial charge in [0.2, 0.25) is 11.5 Å². The Morgan fingerprint density at radius 1 is 1.04 bits per heavy atom. The molecule has 124 valence electrons. The van der Waals surface area contributed by atoms with Gasteiger partial charge in [-0.25, -0.2) is 9.18 Å². The molecule has 4 rings (SSSR count). The number of hydrogen-bond donors (Lipinski definition) is 2. The first-order chi connectivity index (χ1) is 12.0. The van der Waals surface area contributed by atoms with E-state index in [9.17, 15) is 14.0 Å². The summed E-state index contributed by atoms with van der Waals surface area (Å²) in [6.45, 7) is 0. The molecule has 3 N–H and O–H groups in total. The van der Waals surface area contributed by atoms with Crippen molar-refractivity contribution in [3.8, 4) is 0 Å². The molecular weight excluding hydrogens is 329 g/mol. The van der Waals surface area contributed by atoms with Crippen LogP contribution in [0, 0.1) is 5.82 Å². The van der Waals surface area contributed by atoms with Gasteiger partial charge in [-0.3, -0.25) is 4.79 Å². The first-order valence-electron chi connectivity index (χ1n) is 7.24. The molecule has 0 spiro atoms. The van der Waals surface area contributed by atoms with Gasteiger partial charge in [0.25, 0.3) is 0 Å². The van der Waals surface area contributed by atoms with Gasteiger partial charge in [0.1, 0.15) is 17.0 Å². The highest BCUT2D eigenvalue weighted by Crippen LogP contribution is 2.34. The molecule has 6 nitrogen and oxygen atoms in total. The van der Waals surface area contributed by atoms with Crippen molar-refractivity contribution < 1.29 is 27.9 Å². The van der Waals surface area contributed by atoms with E-state index in [1.165, 1.54) is 12.1 Å². The van der Waals surface area contributed by atoms with E-state index in [-0.39, 0.29) is 28.0 Å². The summed E-state index contributed by atoms with van der Waals surface area (Å²) in [6.07, 6.45) is 0. The van der Waals surface area contributed by atoms with Crippen LogP contribution in [0.5, 0.6) is 0 Å². The fourth-order valence-corrected chi connectivity index (χ4v) is 2.79. The molecule has 7 heteroatoms. The predicted octanol–water partition coefficient (Wildman–Crippen LogP) is 3.83. The zero-order valence-corrected chi connectivity index (χ0v) is 12.6. The fraction of sp³-hybridized carbons (Fsp3) is 0. The van der Waals surface area contributed by atoms with Gasteiger partial charge in [-0.2, -0.15) is 0 Å². The molecule has 4 aromatic rings. The van der Waals surface area contributed by atoms with E-state index in [1.807, 2.05) is 0 Å². The molecule has 2 heterocycles. The molecule has 0 unspecified atom stereocenters. The number of para-hydroxylation sites is 1. The summed E-state index contributed by atoms with van der Waals surface area (Å²) in [4.78, 5) is 24.0. The third-order valence-electron chi connectivity index (χ3n) is 3.91. The number of hydrogen-bond acceptors (Lipinski definition) is 5. The zero-order chi connectivity index (χ0) is 17.7. The third-order valence-corrected chi connectivity index (χ3v) is 3.91. The number of fused-ring (bicyclic) bond motifs is 2. The molecule has 25 heavy (non-hydrogen) atoms. The van der Waals surface area contributed by atoms with Crippen LogP contribution in [-0.2, 0) is 0 Å². The van der Waals surface area contributed by atoms with Gasteiger partial charge in [0.15, 0.2) is 5.76 Å². The molecule has 0 atom stereocenters. The van der Waals surface area contributed by atoms with Gasteiger partial charge in [-0.05, 0) is 24.3 Å². The van der Waals surface area contributed by atoms with E-state index in [4.69, 9.17) is 19.7 Å². The summed E-state index contributed by atoms with van der Waals surface area (Å²) in [5, 5.41) is 9.71. The van der Waals surface area contributed by atoms with Crippen molar-refractivity contribution in [2.45, 2.75) is 0 Å². The van der Waals surface area contributed by atoms with Crippen LogP contribution < -0.4 is 5.73 Å². The average molecular weight is 339 g/mol. The number of carbonyl (C=O) groups excluding carboxylic acids is 1. The number of rotatable bonds is 3. The van der Waals surface area contributed by atoms with E-state index >= 15 is 0 Å². The average Bonchev–Trinajstić information content (AvgIpc) is 3.16. The number of aromatic carboxylic acids is 1. The first-order valence-corrected chi connectivity index (χ1v) is 7.24. The number of anilines is 1. The van der Waals surface area contributed by atoms with Crippen molar-refractivity contribution in [1.29, 1.82) is 0 Å². The van der Waals surface area contributed by atoms with Crippen LogP contribution >= 0.6 is 0 Å². The van der Waals surface area contributed by atoms with Crippen LogP contribution in [0.4, 0.5) is 10.1 Å². The molecule has 0 bridgehead atoms. The highest BCUT2D eigenvalue weighted by atomic mass is 19.1. The van der Waals surface area contributed by atoms with Crippen molar-refractivity contribution in [3.63, 3.8) is 0 Å². The van der Waals surface area contributed by atoms with Crippen LogP contribution in [0.25, 0.3) is 21.9 Å². The third kappa shape index (κ3) is 2.17. The van der Waals surface area contributed by atoms with Crippen LogP contribution in [0.3, 0.4) is 0 Å². The second-order valence-corrected chi connectivity index (χ2v) is 5.42. The Kier molecular flexibility index (Phi) is 3.11. The maximum Gasteiger partial charge on any atom is 0.374 e. The number of nitrogen functional groups attached to an aromatic ring is 1. The lowest BCUT2D eigenvalue weighted by molar-refractivity contribution is 0.0666. The van der Waals surface area contributed by atoms with Crippen molar-refractivity contribution in [2.75, 3.05) is 5.73 Å². The second-order valence-electron chi connectivity index (χ2n) is 5.42. The van der Waals surface area contributed by atoms with Gasteiger partial charge in [-0.15, -0.1) is 0 Å². The quantitative estimate of drug-likeness (QED) is 0.549. The largest absolute Gasteiger partial charge is 0.475 e. The Morgan fingerprint density at radius 2 is 1.80 bits per heavy atom. The van der Waals surface area contributed by atoms with Gasteiger partial charge in [0.05, 0.1) is 16.6 Å². The fourth-order valence-electron chi connectivity index (χ4n) is 2.79. The van der Waals surface area contributed by atoms with E-state index in [0.29, 0.717) is 11.0 Å². The maximum absolute atomic E-state index is 14.4. The summed E-state index contributed by atoms with van der Waals surface area (Å²) in [5.74, 6) is -3.62. The van der Waals surface area contributed by atoms with Gasteiger partial charge >= 0.3 is 5.97 Å². The number of carboxylic acids is 1. The Morgan fingerprint density at radius 3 is 2.52 bits per heavy atom. The lowest BCUT2D eigenvalue weighted by atomic mass is 10.0. The number of halogens is 1. The van der Waals surface area contributed by atoms with Gasteiger partial charge in [-0.1, -0.05) is 18.2 Å². The van der Waals surface area contributed by atoms with Crippen molar-refractivity contribution >= 4 is 39.4 Å². The highest BCUT2D eigenvalue weighted by Gasteiger charge is 2.27. The molecule has 2 aromatic heterocycles. The highest BCUT2D eigenvalue weighted by molar-refractivity contribution is 6.19. The summed E-state index contributed by atoms with van der Waals surface area (Å²) >= 11 is 0. The molecule has 0 amide bonds. The smallest absolute Gasteiger partial charge is 0.374 e. The number of benzene rings is 2. The molecule has 0 radical (unpaired) electrons. The summed E-state index contributed by atoms with van der Waals surface area (Å²) in [7, 11) is 0. The Bertz CT molecular complexity index is 1140. The monoisotopic (exact) mass is 339 g/mol. The van der Waals surface area contributed by atoms with Crippen LogP contribution in [0.1, 0.15) is 26.7 Å². The molecule has 0 aliphatic carbocycles. The predicted molar refractivity (Wildman–Crippen MR) is 87.2 cm³/mol. The van der Waals surface area contributed by atoms with E-state index in [1.54, 1.807) is 24.3 Å². The number of ketones is 1. The number of nitrogens with two attached hydrogens (primary N) is 1. The van der Waals surface area contributed by atoms with E-state index in [0.717, 1.165) is 6.07 Å². The lowest BCUT2D eigenvalue weighted by Crippen LogP contribution is -2.05. The van der Waals surface area contributed by atoms with E-state index < -0.39 is 23.3 Å². The maximum atomic E-state index is 14.4. The summed E-state index contributed by atoms with van der Waals surface area (Å²) in [6, 6.07) is 10.7. The van der Waals surface area contributed by atoms with Crippen LogP contribution in [0.15, 0.2) is 51.3 Å². The molecule has 0 saturated carbocycles. The summed E-state index contributed by atoms with van der Waals surface area (Å²) in [5.41, 5.74) is 5.57. The van der Waals surface area contributed by atoms with Gasteiger partial charge in [0, 0.05) is 5.39 Å². The molecular formula is C18H10FNO5. The SMILES string of the molecule is Nc1c(C(=O)O)oc2ccc(F)c(C(=O)c3cc4ccccc4o3)c12. The number of carbonyl (C=O) groups is 2. The van der Waals surface area contributed by atoms with Crippen molar-refractivity contribution in [1.82, 2.24) is 0 Å². The minimum absolute atomic E-state index is 0.00996. The minimum atomic E-state index is -1.41. The van der Waals surface area contributed by atoms with Crippen LogP contribution in [-0.4, -0.2) is 16.9 Å². The number of carboxylic acid groups (broad SMARTS) is 1. The van der Waals surface area contributed by atoms with Crippen LogP contribution in [0.2, 0.25) is 0 Å². The molecule has 0 aliphatic rings. The molecule has 0 saturated heterocycles. The molecule has 2 aromatic carbocycles. The Balaban J connectivity index is 1.97. The topological polar surface area (TPSA) is 107 Å². The Labute approximate surface area is 139 Å². The molecule has 0 aliphatic heterocycles. The lowest BCUT2D eigenvalue weighted by Gasteiger charge is -2.02. The standard InChI is InChI=1S/C18H10FNO5/c19-9-5-6-11-14(15(20)17(25-11)18(22)23)13(9)16(21)12-7-8-3-1-2-4-10(8)24-12/h1-7H,20H2,(H,22,23). The van der Waals surface area contributed by atoms with Crippen molar-refractivity contribution in [2.24, 2.45) is 0 Å². The molecule has 0 fully saturated rings. The second kappa shape index (κ2) is 5.20. The number of furan rings is 2. The first kappa shape index (κ1) is 14.9. The van der Waals surface area contributed by atoms with Crippen molar-refractivity contribution in [3.05, 3.63) is 65.4 Å².